The maximum atomic E-state index is 13.0. The minimum atomic E-state index is -2.58. The fraction of sp³-hybridized carbons (Fsp3) is 0.667. The van der Waals surface area contributed by atoms with Crippen LogP contribution >= 0.6 is 0 Å². The monoisotopic (exact) mass is 257 g/mol. The van der Waals surface area contributed by atoms with E-state index < -0.39 is 6.43 Å². The molecule has 0 aromatic carbocycles. The van der Waals surface area contributed by atoms with Gasteiger partial charge in [0.25, 0.3) is 6.43 Å². The number of nitrogens with one attached hydrogen (secondary N) is 1. The van der Waals surface area contributed by atoms with E-state index in [0.717, 1.165) is 19.4 Å². The maximum Gasteiger partial charge on any atom is 0.280 e. The lowest BCUT2D eigenvalue weighted by Gasteiger charge is -2.12. The molecular weight excluding hydrogens is 240 g/mol. The van der Waals surface area contributed by atoms with Crippen LogP contribution in [0.1, 0.15) is 49.4 Å². The molecule has 1 fully saturated rings. The fourth-order valence-corrected chi connectivity index (χ4v) is 1.96. The summed E-state index contributed by atoms with van der Waals surface area (Å²) in [6, 6.07) is 0. The van der Waals surface area contributed by atoms with Crippen LogP contribution in [0.2, 0.25) is 0 Å². The Labute approximate surface area is 105 Å². The third-order valence-corrected chi connectivity index (χ3v) is 2.91. The first kappa shape index (κ1) is 13.3. The zero-order chi connectivity index (χ0) is 13.0. The van der Waals surface area contributed by atoms with Gasteiger partial charge < -0.3 is 10.1 Å². The molecule has 1 aliphatic rings. The number of rotatable bonds is 5. The quantitative estimate of drug-likeness (QED) is 0.879. The van der Waals surface area contributed by atoms with Gasteiger partial charge in [0, 0.05) is 24.9 Å². The summed E-state index contributed by atoms with van der Waals surface area (Å²) in [6.07, 6.45) is 0.401. The molecule has 18 heavy (non-hydrogen) atoms. The number of nitrogens with zero attached hydrogens (tertiary/aromatic N) is 2. The summed E-state index contributed by atoms with van der Waals surface area (Å²) < 4.78 is 31.3. The molecule has 1 atom stereocenters. The second-order valence-corrected chi connectivity index (χ2v) is 4.22. The van der Waals surface area contributed by atoms with Gasteiger partial charge in [0.1, 0.15) is 11.8 Å². The van der Waals surface area contributed by atoms with Crippen molar-refractivity contribution in [1.29, 1.82) is 0 Å². The van der Waals surface area contributed by atoms with Crippen LogP contribution in [0.3, 0.4) is 0 Å². The first-order valence-electron chi connectivity index (χ1n) is 6.18. The Morgan fingerprint density at radius 2 is 2.39 bits per heavy atom. The molecule has 2 rings (SSSR count). The molecule has 100 valence electrons. The smallest absolute Gasteiger partial charge is 0.280 e. The van der Waals surface area contributed by atoms with Crippen LogP contribution in [-0.2, 0) is 11.3 Å². The summed E-state index contributed by atoms with van der Waals surface area (Å²) in [6.45, 7) is 3.65. The lowest BCUT2D eigenvalue weighted by molar-refractivity contribution is 0.102. The summed E-state index contributed by atoms with van der Waals surface area (Å²) in [7, 11) is 0. The van der Waals surface area contributed by atoms with E-state index in [1.54, 1.807) is 0 Å². The third-order valence-electron chi connectivity index (χ3n) is 2.91. The number of hydrogen-bond donors (Lipinski definition) is 1. The van der Waals surface area contributed by atoms with E-state index in [2.05, 4.69) is 15.3 Å². The van der Waals surface area contributed by atoms with E-state index in [4.69, 9.17) is 4.74 Å². The average Bonchev–Trinajstić information content (AvgIpc) is 2.90. The fourth-order valence-electron chi connectivity index (χ4n) is 1.96. The molecule has 0 saturated carbocycles. The van der Waals surface area contributed by atoms with Gasteiger partial charge in [-0.15, -0.1) is 0 Å². The van der Waals surface area contributed by atoms with Crippen molar-refractivity contribution in [2.75, 3.05) is 13.2 Å². The van der Waals surface area contributed by atoms with Crippen molar-refractivity contribution in [3.8, 4) is 0 Å². The Morgan fingerprint density at radius 1 is 1.56 bits per heavy atom. The summed E-state index contributed by atoms with van der Waals surface area (Å²) in [4.78, 5) is 8.13. The maximum absolute atomic E-state index is 13.0. The molecule has 0 amide bonds. The molecule has 1 saturated heterocycles. The number of ether oxygens (including phenoxy) is 1. The van der Waals surface area contributed by atoms with Gasteiger partial charge in [-0.2, -0.15) is 0 Å². The van der Waals surface area contributed by atoms with Crippen LogP contribution in [0.4, 0.5) is 8.78 Å². The average molecular weight is 257 g/mol. The largest absolute Gasteiger partial charge is 0.370 e. The molecule has 0 aliphatic carbocycles. The topological polar surface area (TPSA) is 47.0 Å². The Morgan fingerprint density at radius 3 is 3.00 bits per heavy atom. The zero-order valence-electron chi connectivity index (χ0n) is 10.3. The summed E-state index contributed by atoms with van der Waals surface area (Å²) in [5.74, 6) is 0.378. The summed E-state index contributed by atoms with van der Waals surface area (Å²) >= 11 is 0. The van der Waals surface area contributed by atoms with Crippen molar-refractivity contribution in [1.82, 2.24) is 15.3 Å². The first-order chi connectivity index (χ1) is 8.72. The number of halogens is 2. The molecule has 6 heteroatoms. The standard InChI is InChI=1S/C12H17F2N3O/c1-2-15-6-8-7-16-12(9-4-3-5-18-9)17-10(8)11(13)14/h7,9,11,15H,2-6H2,1H3. The first-order valence-corrected chi connectivity index (χ1v) is 6.18. The molecule has 1 N–H and O–H groups in total. The predicted molar refractivity (Wildman–Crippen MR) is 62.3 cm³/mol. The Bertz CT molecular complexity index is 395. The second kappa shape index (κ2) is 6.15. The van der Waals surface area contributed by atoms with Crippen molar-refractivity contribution in [3.63, 3.8) is 0 Å². The third kappa shape index (κ3) is 3.00. The number of aromatic nitrogens is 2. The van der Waals surface area contributed by atoms with Gasteiger partial charge in [-0.1, -0.05) is 6.92 Å². The highest BCUT2D eigenvalue weighted by molar-refractivity contribution is 5.19. The van der Waals surface area contributed by atoms with Crippen LogP contribution in [-0.4, -0.2) is 23.1 Å². The summed E-state index contributed by atoms with van der Waals surface area (Å²) in [5, 5.41) is 3.00. The van der Waals surface area contributed by atoms with Crippen LogP contribution in [0.15, 0.2) is 6.20 Å². The van der Waals surface area contributed by atoms with Crippen molar-refractivity contribution >= 4 is 0 Å². The van der Waals surface area contributed by atoms with Crippen LogP contribution in [0, 0.1) is 0 Å². The van der Waals surface area contributed by atoms with E-state index in [-0.39, 0.29) is 11.8 Å². The van der Waals surface area contributed by atoms with Gasteiger partial charge in [-0.25, -0.2) is 18.7 Å². The molecule has 1 unspecified atom stereocenters. The van der Waals surface area contributed by atoms with Gasteiger partial charge in [0.2, 0.25) is 0 Å². The highest BCUT2D eigenvalue weighted by atomic mass is 19.3. The van der Waals surface area contributed by atoms with Crippen molar-refractivity contribution in [2.24, 2.45) is 0 Å². The normalized spacial score (nSPS) is 19.7. The van der Waals surface area contributed by atoms with Gasteiger partial charge in [-0.05, 0) is 19.4 Å². The van der Waals surface area contributed by atoms with Crippen molar-refractivity contribution in [2.45, 2.75) is 38.8 Å². The molecule has 2 heterocycles. The molecule has 0 bridgehead atoms. The summed E-state index contributed by atoms with van der Waals surface area (Å²) in [5.41, 5.74) is 0.269. The highest BCUT2D eigenvalue weighted by Gasteiger charge is 2.23. The van der Waals surface area contributed by atoms with Gasteiger partial charge in [-0.3, -0.25) is 0 Å². The molecule has 0 radical (unpaired) electrons. The minimum absolute atomic E-state index is 0.184. The van der Waals surface area contributed by atoms with E-state index >= 15 is 0 Å². The minimum Gasteiger partial charge on any atom is -0.370 e. The molecule has 1 aliphatic heterocycles. The van der Waals surface area contributed by atoms with Crippen molar-refractivity contribution in [3.05, 3.63) is 23.3 Å². The Kier molecular flexibility index (Phi) is 4.54. The molecule has 1 aromatic rings. The van der Waals surface area contributed by atoms with E-state index in [0.29, 0.717) is 24.5 Å². The molecule has 1 aromatic heterocycles. The van der Waals surface area contributed by atoms with Crippen LogP contribution in [0.5, 0.6) is 0 Å². The molecular formula is C12H17F2N3O. The second-order valence-electron chi connectivity index (χ2n) is 4.22. The van der Waals surface area contributed by atoms with Crippen LogP contribution < -0.4 is 5.32 Å². The molecule has 0 spiro atoms. The predicted octanol–water partition coefficient (Wildman–Crippen LogP) is 2.38. The number of hydrogen-bond acceptors (Lipinski definition) is 4. The highest BCUT2D eigenvalue weighted by Crippen LogP contribution is 2.28. The van der Waals surface area contributed by atoms with E-state index in [9.17, 15) is 8.78 Å². The van der Waals surface area contributed by atoms with Gasteiger partial charge in [0.05, 0.1) is 0 Å². The zero-order valence-corrected chi connectivity index (χ0v) is 10.3. The van der Waals surface area contributed by atoms with Crippen LogP contribution in [0.25, 0.3) is 0 Å². The SMILES string of the molecule is CCNCc1cnc(C2CCCO2)nc1C(F)F. The van der Waals surface area contributed by atoms with E-state index in [1.165, 1.54) is 6.20 Å². The Balaban J connectivity index is 2.21. The van der Waals surface area contributed by atoms with Crippen molar-refractivity contribution < 1.29 is 13.5 Å². The Hall–Kier alpha value is -1.14. The molecule has 4 nitrogen and oxygen atoms in total. The van der Waals surface area contributed by atoms with Gasteiger partial charge >= 0.3 is 0 Å². The van der Waals surface area contributed by atoms with Gasteiger partial charge in [0.15, 0.2) is 5.82 Å². The van der Waals surface area contributed by atoms with E-state index in [1.807, 2.05) is 6.92 Å². The lowest BCUT2D eigenvalue weighted by Crippen LogP contribution is -2.16. The number of alkyl halides is 2. The lowest BCUT2D eigenvalue weighted by atomic mass is 10.2.